The lowest BCUT2D eigenvalue weighted by Gasteiger charge is -2.03. The van der Waals surface area contributed by atoms with Crippen molar-refractivity contribution in [2.45, 2.75) is 19.4 Å². The summed E-state index contributed by atoms with van der Waals surface area (Å²) < 4.78 is 6.37. The summed E-state index contributed by atoms with van der Waals surface area (Å²) in [4.78, 5) is 4.40. The van der Waals surface area contributed by atoms with E-state index in [0.717, 1.165) is 17.9 Å². The van der Waals surface area contributed by atoms with Gasteiger partial charge in [0, 0.05) is 24.3 Å². The van der Waals surface area contributed by atoms with Crippen LogP contribution in [0.3, 0.4) is 0 Å². The summed E-state index contributed by atoms with van der Waals surface area (Å²) in [6.45, 7) is 2.06. The van der Waals surface area contributed by atoms with Gasteiger partial charge >= 0.3 is 0 Å². The highest BCUT2D eigenvalue weighted by atomic mass is 79.9. The molecule has 0 amide bonds. The van der Waals surface area contributed by atoms with E-state index in [1.165, 1.54) is 5.56 Å². The van der Waals surface area contributed by atoms with E-state index in [4.69, 9.17) is 4.74 Å². The fraction of sp³-hybridized carbons (Fsp3) is 0.188. The molecule has 0 saturated carbocycles. The van der Waals surface area contributed by atoms with Crippen LogP contribution in [0.25, 0.3) is 0 Å². The third kappa shape index (κ3) is 2.56. The van der Waals surface area contributed by atoms with Crippen LogP contribution in [0, 0.1) is 0 Å². The summed E-state index contributed by atoms with van der Waals surface area (Å²) in [5.41, 5.74) is 2.72. The van der Waals surface area contributed by atoms with Crippen LogP contribution in [0.5, 0.6) is 11.5 Å². The number of hydrogen-bond donors (Lipinski definition) is 1. The van der Waals surface area contributed by atoms with Gasteiger partial charge < -0.3 is 9.84 Å². The number of phenols is 1. The number of fused-ring (bicyclic) bond motifs is 1. The van der Waals surface area contributed by atoms with Crippen molar-refractivity contribution >= 4 is 27.8 Å². The van der Waals surface area contributed by atoms with Gasteiger partial charge in [0.25, 0.3) is 0 Å². The molecule has 20 heavy (non-hydrogen) atoms. The topological polar surface area (TPSA) is 41.8 Å². The molecule has 1 atom stereocenters. The third-order valence-corrected chi connectivity index (χ3v) is 3.90. The highest BCUT2D eigenvalue weighted by Crippen LogP contribution is 2.32. The first-order chi connectivity index (χ1) is 9.63. The van der Waals surface area contributed by atoms with Gasteiger partial charge in [-0.05, 0) is 46.6 Å². The molecule has 0 bridgehead atoms. The number of para-hydroxylation sites is 1. The average molecular weight is 332 g/mol. The third-order valence-electron chi connectivity index (χ3n) is 3.26. The molecule has 0 radical (unpaired) electrons. The molecular formula is C16H14BrNO2. The Kier molecular flexibility index (Phi) is 3.49. The predicted octanol–water partition coefficient (Wildman–Crippen LogP) is 4.23. The lowest BCUT2D eigenvalue weighted by atomic mass is 10.1. The Hall–Kier alpha value is -1.81. The summed E-state index contributed by atoms with van der Waals surface area (Å²) in [6.07, 6.45) is 2.84. The molecule has 1 heterocycles. The molecule has 1 aliphatic rings. The molecule has 3 nitrogen and oxygen atoms in total. The molecule has 1 aliphatic heterocycles. The zero-order chi connectivity index (χ0) is 14.1. The van der Waals surface area contributed by atoms with Crippen molar-refractivity contribution in [3.8, 4) is 11.5 Å². The molecule has 0 aliphatic carbocycles. The number of rotatable bonds is 2. The standard InChI is InChI=1S/C16H14BrNO2/c1-10-7-11-5-6-13(8-15(11)20-10)18-9-12-3-2-4-14(17)16(12)19/h2-6,8-10,19H,7H2,1H3. The second-order valence-electron chi connectivity index (χ2n) is 4.86. The largest absolute Gasteiger partial charge is 0.506 e. The van der Waals surface area contributed by atoms with Crippen LogP contribution >= 0.6 is 15.9 Å². The molecule has 2 aromatic carbocycles. The maximum atomic E-state index is 9.90. The first-order valence-corrected chi connectivity index (χ1v) is 7.24. The van der Waals surface area contributed by atoms with Gasteiger partial charge in [-0.1, -0.05) is 12.1 Å². The molecule has 4 heteroatoms. The second kappa shape index (κ2) is 5.29. The van der Waals surface area contributed by atoms with E-state index in [1.807, 2.05) is 30.3 Å². The number of halogens is 1. The van der Waals surface area contributed by atoms with Crippen LogP contribution in [0.15, 0.2) is 45.9 Å². The summed E-state index contributed by atoms with van der Waals surface area (Å²) in [5.74, 6) is 1.10. The number of nitrogens with zero attached hydrogens (tertiary/aromatic N) is 1. The molecule has 0 saturated heterocycles. The zero-order valence-electron chi connectivity index (χ0n) is 11.0. The lowest BCUT2D eigenvalue weighted by Crippen LogP contribution is -2.05. The number of phenolic OH excluding ortho intramolecular Hbond substituents is 1. The Morgan fingerprint density at radius 1 is 1.35 bits per heavy atom. The number of aliphatic imine (C=N–C) groups is 1. The maximum Gasteiger partial charge on any atom is 0.138 e. The molecule has 102 valence electrons. The average Bonchev–Trinajstić information content (AvgIpc) is 2.79. The lowest BCUT2D eigenvalue weighted by molar-refractivity contribution is 0.255. The minimum absolute atomic E-state index is 0.197. The van der Waals surface area contributed by atoms with Crippen LogP contribution in [0.2, 0.25) is 0 Å². The summed E-state index contributed by atoms with van der Waals surface area (Å²) in [7, 11) is 0. The van der Waals surface area contributed by atoms with E-state index in [2.05, 4.69) is 27.8 Å². The van der Waals surface area contributed by atoms with Crippen molar-refractivity contribution < 1.29 is 9.84 Å². The molecular weight excluding hydrogens is 318 g/mol. The van der Waals surface area contributed by atoms with Crippen molar-refractivity contribution in [1.82, 2.24) is 0 Å². The van der Waals surface area contributed by atoms with E-state index in [-0.39, 0.29) is 11.9 Å². The van der Waals surface area contributed by atoms with E-state index < -0.39 is 0 Å². The number of ether oxygens (including phenoxy) is 1. The molecule has 3 rings (SSSR count). The first-order valence-electron chi connectivity index (χ1n) is 6.44. The Labute approximate surface area is 126 Å². The van der Waals surface area contributed by atoms with Crippen molar-refractivity contribution in [2.24, 2.45) is 4.99 Å². The van der Waals surface area contributed by atoms with Gasteiger partial charge in [-0.15, -0.1) is 0 Å². The van der Waals surface area contributed by atoms with E-state index in [9.17, 15) is 5.11 Å². The first kappa shape index (κ1) is 13.2. The Morgan fingerprint density at radius 3 is 3.05 bits per heavy atom. The highest BCUT2D eigenvalue weighted by molar-refractivity contribution is 9.10. The summed E-state index contributed by atoms with van der Waals surface area (Å²) in [5, 5.41) is 9.90. The number of aromatic hydroxyl groups is 1. The van der Waals surface area contributed by atoms with E-state index in [0.29, 0.717) is 10.0 Å². The van der Waals surface area contributed by atoms with Crippen LogP contribution in [-0.4, -0.2) is 17.4 Å². The fourth-order valence-electron chi connectivity index (χ4n) is 2.25. The minimum Gasteiger partial charge on any atom is -0.506 e. The number of benzene rings is 2. The summed E-state index contributed by atoms with van der Waals surface area (Å²) >= 11 is 3.29. The van der Waals surface area contributed by atoms with Gasteiger partial charge in [0.05, 0.1) is 10.2 Å². The Bertz CT molecular complexity index is 682. The van der Waals surface area contributed by atoms with Crippen LogP contribution in [0.1, 0.15) is 18.1 Å². The Morgan fingerprint density at radius 2 is 2.20 bits per heavy atom. The monoisotopic (exact) mass is 331 g/mol. The van der Waals surface area contributed by atoms with Crippen molar-refractivity contribution in [1.29, 1.82) is 0 Å². The predicted molar refractivity (Wildman–Crippen MR) is 83.3 cm³/mol. The van der Waals surface area contributed by atoms with Gasteiger partial charge in [0.2, 0.25) is 0 Å². The van der Waals surface area contributed by atoms with Crippen LogP contribution in [0.4, 0.5) is 5.69 Å². The minimum atomic E-state index is 0.197. The molecule has 1 N–H and O–H groups in total. The smallest absolute Gasteiger partial charge is 0.138 e. The molecule has 0 fully saturated rings. The quantitative estimate of drug-likeness (QED) is 0.836. The van der Waals surface area contributed by atoms with Gasteiger partial charge in [-0.25, -0.2) is 0 Å². The maximum absolute atomic E-state index is 9.90. The molecule has 0 aromatic heterocycles. The van der Waals surface area contributed by atoms with Crippen LogP contribution < -0.4 is 4.74 Å². The zero-order valence-corrected chi connectivity index (χ0v) is 12.6. The van der Waals surface area contributed by atoms with Gasteiger partial charge in [0.1, 0.15) is 17.6 Å². The van der Waals surface area contributed by atoms with Crippen LogP contribution in [-0.2, 0) is 6.42 Å². The Balaban J connectivity index is 1.87. The van der Waals surface area contributed by atoms with E-state index in [1.54, 1.807) is 12.3 Å². The molecule has 0 spiro atoms. The van der Waals surface area contributed by atoms with Crippen molar-refractivity contribution in [3.05, 3.63) is 52.0 Å². The van der Waals surface area contributed by atoms with E-state index >= 15 is 0 Å². The number of hydrogen-bond acceptors (Lipinski definition) is 3. The molecule has 2 aromatic rings. The van der Waals surface area contributed by atoms with Crippen molar-refractivity contribution in [2.75, 3.05) is 0 Å². The van der Waals surface area contributed by atoms with Gasteiger partial charge in [0.15, 0.2) is 0 Å². The SMILES string of the molecule is CC1Cc2ccc(N=Cc3cccc(Br)c3O)cc2O1. The summed E-state index contributed by atoms with van der Waals surface area (Å²) in [6, 6.07) is 11.4. The van der Waals surface area contributed by atoms with Crippen molar-refractivity contribution in [3.63, 3.8) is 0 Å². The molecule has 1 unspecified atom stereocenters. The van der Waals surface area contributed by atoms with Gasteiger partial charge in [-0.2, -0.15) is 0 Å². The second-order valence-corrected chi connectivity index (χ2v) is 5.71. The normalized spacial score (nSPS) is 17.2. The fourth-order valence-corrected chi connectivity index (χ4v) is 2.63. The van der Waals surface area contributed by atoms with Gasteiger partial charge in [-0.3, -0.25) is 4.99 Å². The highest BCUT2D eigenvalue weighted by Gasteiger charge is 2.18.